The van der Waals surface area contributed by atoms with Crippen LogP contribution < -0.4 is 5.32 Å². The molecular weight excluding hydrogens is 418 g/mol. The van der Waals surface area contributed by atoms with Crippen LogP contribution >= 0.6 is 0 Å². The highest BCUT2D eigenvalue weighted by molar-refractivity contribution is 7.89. The highest BCUT2D eigenvalue weighted by atomic mass is 32.2. The lowest BCUT2D eigenvalue weighted by Gasteiger charge is -2.31. The standard InChI is InChI=1S/C21H25N5O4S/c1-15-20(16(2)30-24-15)31(28,29)25-11-5-8-18(14-25)21(27)22-13-17-7-3-4-9-19(17)26-12-6-10-23-26/h3-4,6-7,9-10,12,18H,5,8,11,13-14H2,1-2H3,(H,22,27). The molecule has 0 radical (unpaired) electrons. The van der Waals surface area contributed by atoms with Crippen LogP contribution in [-0.4, -0.2) is 46.7 Å². The number of para-hydroxylation sites is 1. The van der Waals surface area contributed by atoms with Gasteiger partial charge < -0.3 is 9.84 Å². The number of amides is 1. The first kappa shape index (κ1) is 21.3. The van der Waals surface area contributed by atoms with Gasteiger partial charge in [-0.05, 0) is 44.4 Å². The van der Waals surface area contributed by atoms with E-state index >= 15 is 0 Å². The Bertz CT molecular complexity index is 1150. The van der Waals surface area contributed by atoms with Gasteiger partial charge in [-0.1, -0.05) is 23.4 Å². The SMILES string of the molecule is Cc1noc(C)c1S(=O)(=O)N1CCCC(C(=O)NCc2ccccc2-n2cccn2)C1. The predicted octanol–water partition coefficient (Wildman–Crippen LogP) is 2.19. The van der Waals surface area contributed by atoms with Crippen molar-refractivity contribution >= 4 is 15.9 Å². The van der Waals surface area contributed by atoms with Gasteiger partial charge in [0.05, 0.1) is 11.6 Å². The van der Waals surface area contributed by atoms with Crippen LogP contribution in [0, 0.1) is 19.8 Å². The lowest BCUT2D eigenvalue weighted by Crippen LogP contribution is -2.45. The van der Waals surface area contributed by atoms with Crippen LogP contribution in [-0.2, 0) is 21.4 Å². The third kappa shape index (κ3) is 4.26. The number of nitrogens with zero attached hydrogens (tertiary/aromatic N) is 4. The second-order valence-corrected chi connectivity index (χ2v) is 9.53. The van der Waals surface area contributed by atoms with Gasteiger partial charge in [-0.3, -0.25) is 4.79 Å². The molecule has 2 aromatic heterocycles. The van der Waals surface area contributed by atoms with Crippen LogP contribution in [0.15, 0.2) is 52.1 Å². The number of aromatic nitrogens is 3. The predicted molar refractivity (Wildman–Crippen MR) is 113 cm³/mol. The maximum absolute atomic E-state index is 13.1. The Morgan fingerprint density at radius 1 is 1.26 bits per heavy atom. The van der Waals surface area contributed by atoms with Crippen molar-refractivity contribution in [2.45, 2.75) is 38.1 Å². The molecule has 1 fully saturated rings. The quantitative estimate of drug-likeness (QED) is 0.625. The Hall–Kier alpha value is -2.98. The van der Waals surface area contributed by atoms with Gasteiger partial charge in [0.25, 0.3) is 0 Å². The van der Waals surface area contributed by atoms with E-state index in [9.17, 15) is 13.2 Å². The van der Waals surface area contributed by atoms with Crippen molar-refractivity contribution < 1.29 is 17.7 Å². The van der Waals surface area contributed by atoms with Crippen molar-refractivity contribution in [2.24, 2.45) is 5.92 Å². The van der Waals surface area contributed by atoms with Crippen molar-refractivity contribution in [3.8, 4) is 5.69 Å². The number of hydrogen-bond acceptors (Lipinski definition) is 6. The van der Waals surface area contributed by atoms with Crippen LogP contribution in [0.5, 0.6) is 0 Å². The number of piperidine rings is 1. The third-order valence-electron chi connectivity index (χ3n) is 5.52. The van der Waals surface area contributed by atoms with E-state index < -0.39 is 15.9 Å². The molecule has 0 spiro atoms. The van der Waals surface area contributed by atoms with Gasteiger partial charge in [0, 0.05) is 32.0 Å². The van der Waals surface area contributed by atoms with E-state index in [4.69, 9.17) is 4.52 Å². The summed E-state index contributed by atoms with van der Waals surface area (Å²) in [5.74, 6) is -0.311. The maximum atomic E-state index is 13.1. The Morgan fingerprint density at radius 2 is 2.06 bits per heavy atom. The van der Waals surface area contributed by atoms with Gasteiger partial charge in [-0.25, -0.2) is 13.1 Å². The molecule has 0 aliphatic carbocycles. The first-order chi connectivity index (χ1) is 14.9. The summed E-state index contributed by atoms with van der Waals surface area (Å²) in [7, 11) is -3.76. The molecule has 1 unspecified atom stereocenters. The van der Waals surface area contributed by atoms with Crippen molar-refractivity contribution in [2.75, 3.05) is 13.1 Å². The van der Waals surface area contributed by atoms with Gasteiger partial charge in [0.15, 0.2) is 5.76 Å². The third-order valence-corrected chi connectivity index (χ3v) is 7.63. The summed E-state index contributed by atoms with van der Waals surface area (Å²) in [5, 5.41) is 11.0. The number of carbonyl (C=O) groups excluding carboxylic acids is 1. The molecule has 1 aliphatic heterocycles. The minimum absolute atomic E-state index is 0.0988. The highest BCUT2D eigenvalue weighted by Crippen LogP contribution is 2.28. The molecule has 3 aromatic rings. The normalized spacial score (nSPS) is 17.5. The molecule has 4 rings (SSSR count). The van der Waals surface area contributed by atoms with Gasteiger partial charge >= 0.3 is 0 Å². The Balaban J connectivity index is 1.45. The molecule has 1 saturated heterocycles. The Morgan fingerprint density at radius 3 is 2.77 bits per heavy atom. The summed E-state index contributed by atoms with van der Waals surface area (Å²) >= 11 is 0. The van der Waals surface area contributed by atoms with E-state index in [2.05, 4.69) is 15.6 Å². The largest absolute Gasteiger partial charge is 0.360 e. The lowest BCUT2D eigenvalue weighted by atomic mass is 9.98. The van der Waals surface area contributed by atoms with Crippen molar-refractivity contribution in [3.05, 3.63) is 59.7 Å². The molecule has 3 heterocycles. The fourth-order valence-electron chi connectivity index (χ4n) is 3.97. The number of rotatable bonds is 6. The monoisotopic (exact) mass is 443 g/mol. The smallest absolute Gasteiger partial charge is 0.248 e. The molecule has 1 amide bonds. The summed E-state index contributed by atoms with van der Waals surface area (Å²) in [6.07, 6.45) is 4.80. The van der Waals surface area contributed by atoms with Crippen LogP contribution in [0.4, 0.5) is 0 Å². The van der Waals surface area contributed by atoms with Gasteiger partial charge in [0.1, 0.15) is 10.6 Å². The zero-order chi connectivity index (χ0) is 22.0. The molecule has 0 bridgehead atoms. The Kier molecular flexibility index (Phi) is 5.92. The van der Waals surface area contributed by atoms with Crippen molar-refractivity contribution in [3.63, 3.8) is 0 Å². The molecule has 1 aromatic carbocycles. The first-order valence-electron chi connectivity index (χ1n) is 10.2. The molecule has 1 atom stereocenters. The second kappa shape index (κ2) is 8.64. The number of benzene rings is 1. The van der Waals surface area contributed by atoms with Gasteiger partial charge in [-0.2, -0.15) is 9.40 Å². The minimum atomic E-state index is -3.76. The molecular formula is C21H25N5O4S. The van der Waals surface area contributed by atoms with E-state index in [1.165, 1.54) is 4.31 Å². The lowest BCUT2D eigenvalue weighted by molar-refractivity contribution is -0.126. The van der Waals surface area contributed by atoms with Crippen molar-refractivity contribution in [1.82, 2.24) is 24.6 Å². The molecule has 164 valence electrons. The number of carbonyl (C=O) groups is 1. The molecule has 1 N–H and O–H groups in total. The summed E-state index contributed by atoms with van der Waals surface area (Å²) in [5.41, 5.74) is 2.15. The Labute approximate surface area is 181 Å². The average molecular weight is 444 g/mol. The maximum Gasteiger partial charge on any atom is 0.248 e. The summed E-state index contributed by atoms with van der Waals surface area (Å²) < 4.78 is 34.3. The number of aryl methyl sites for hydroxylation is 2. The molecule has 1 aliphatic rings. The number of sulfonamides is 1. The first-order valence-corrected chi connectivity index (χ1v) is 11.6. The van der Waals surface area contributed by atoms with E-state index in [1.54, 1.807) is 24.7 Å². The van der Waals surface area contributed by atoms with Gasteiger partial charge in [0.2, 0.25) is 15.9 Å². The molecule has 10 heteroatoms. The summed E-state index contributed by atoms with van der Waals surface area (Å²) in [4.78, 5) is 13.0. The summed E-state index contributed by atoms with van der Waals surface area (Å²) in [6.45, 7) is 4.03. The van der Waals surface area contributed by atoms with E-state index in [0.29, 0.717) is 31.6 Å². The van der Waals surface area contributed by atoms with Crippen LogP contribution in [0.2, 0.25) is 0 Å². The zero-order valence-corrected chi connectivity index (χ0v) is 18.3. The highest BCUT2D eigenvalue weighted by Gasteiger charge is 2.36. The fourth-order valence-corrected chi connectivity index (χ4v) is 5.78. The minimum Gasteiger partial charge on any atom is -0.360 e. The van der Waals surface area contributed by atoms with Crippen LogP contribution in [0.3, 0.4) is 0 Å². The van der Waals surface area contributed by atoms with E-state index in [-0.39, 0.29) is 23.1 Å². The fraction of sp³-hybridized carbons (Fsp3) is 0.381. The number of nitrogens with one attached hydrogen (secondary N) is 1. The average Bonchev–Trinajstić information content (AvgIpc) is 3.42. The molecule has 0 saturated carbocycles. The number of hydrogen-bond donors (Lipinski definition) is 1. The second-order valence-electron chi connectivity index (χ2n) is 7.65. The van der Waals surface area contributed by atoms with Crippen LogP contribution in [0.25, 0.3) is 5.69 Å². The van der Waals surface area contributed by atoms with Crippen LogP contribution in [0.1, 0.15) is 29.9 Å². The summed E-state index contributed by atoms with van der Waals surface area (Å²) in [6, 6.07) is 9.54. The van der Waals surface area contributed by atoms with E-state index in [0.717, 1.165) is 11.3 Å². The van der Waals surface area contributed by atoms with E-state index in [1.807, 2.05) is 36.5 Å². The topological polar surface area (TPSA) is 110 Å². The molecule has 31 heavy (non-hydrogen) atoms. The zero-order valence-electron chi connectivity index (χ0n) is 17.5. The van der Waals surface area contributed by atoms with Crippen molar-refractivity contribution in [1.29, 1.82) is 0 Å². The van der Waals surface area contributed by atoms with Gasteiger partial charge in [-0.15, -0.1) is 0 Å². The molecule has 9 nitrogen and oxygen atoms in total.